The van der Waals surface area contributed by atoms with Gasteiger partial charge in [-0.15, -0.1) is 11.3 Å². The number of aromatic nitrogens is 1. The van der Waals surface area contributed by atoms with E-state index in [1.54, 1.807) is 11.3 Å². The van der Waals surface area contributed by atoms with Gasteiger partial charge in [-0.05, 0) is 74.2 Å². The molecular weight excluding hydrogens is 388 g/mol. The molecule has 28 heavy (non-hydrogen) atoms. The Bertz CT molecular complexity index is 797. The number of benzene rings is 1. The van der Waals surface area contributed by atoms with Crippen molar-refractivity contribution in [2.24, 2.45) is 17.3 Å². The lowest BCUT2D eigenvalue weighted by atomic mass is 9.66. The summed E-state index contributed by atoms with van der Waals surface area (Å²) >= 11 is 8.00. The highest BCUT2D eigenvalue weighted by Gasteiger charge is 2.44. The minimum atomic E-state index is 0.167. The van der Waals surface area contributed by atoms with E-state index in [0.29, 0.717) is 17.3 Å². The lowest BCUT2D eigenvalue weighted by Gasteiger charge is -2.50. The van der Waals surface area contributed by atoms with Crippen LogP contribution in [-0.4, -0.2) is 29.6 Å². The van der Waals surface area contributed by atoms with Gasteiger partial charge in [-0.25, -0.2) is 4.98 Å². The van der Waals surface area contributed by atoms with Crippen molar-refractivity contribution < 1.29 is 4.74 Å². The van der Waals surface area contributed by atoms with Crippen LogP contribution in [-0.2, 0) is 11.3 Å². The average molecular weight is 419 g/mol. The van der Waals surface area contributed by atoms with Crippen molar-refractivity contribution in [3.63, 3.8) is 0 Å². The molecule has 2 atom stereocenters. The van der Waals surface area contributed by atoms with Gasteiger partial charge in [-0.1, -0.05) is 37.6 Å². The molecule has 1 aromatic heterocycles. The topological polar surface area (TPSA) is 25.4 Å². The summed E-state index contributed by atoms with van der Waals surface area (Å²) < 4.78 is 6.56. The number of hydrogen-bond donors (Lipinski definition) is 0. The van der Waals surface area contributed by atoms with E-state index in [2.05, 4.69) is 48.2 Å². The third kappa shape index (κ3) is 4.46. The van der Waals surface area contributed by atoms with E-state index in [4.69, 9.17) is 16.3 Å². The minimum Gasteiger partial charge on any atom is -0.373 e. The van der Waals surface area contributed by atoms with Crippen LogP contribution >= 0.6 is 22.9 Å². The number of ether oxygens (including phenoxy) is 1. The molecule has 2 aliphatic rings. The summed E-state index contributed by atoms with van der Waals surface area (Å²) in [5.41, 5.74) is 2.79. The molecule has 0 saturated carbocycles. The van der Waals surface area contributed by atoms with E-state index in [1.807, 2.05) is 12.1 Å². The highest BCUT2D eigenvalue weighted by Crippen LogP contribution is 2.50. The molecule has 1 spiro atoms. The Morgan fingerprint density at radius 2 is 2.11 bits per heavy atom. The van der Waals surface area contributed by atoms with Crippen molar-refractivity contribution in [3.05, 3.63) is 50.9 Å². The van der Waals surface area contributed by atoms with Crippen molar-refractivity contribution >= 4 is 22.9 Å². The van der Waals surface area contributed by atoms with Crippen LogP contribution in [0.5, 0.6) is 0 Å². The van der Waals surface area contributed by atoms with E-state index in [1.165, 1.54) is 30.5 Å². The van der Waals surface area contributed by atoms with Gasteiger partial charge in [0.2, 0.25) is 0 Å². The zero-order valence-corrected chi connectivity index (χ0v) is 18.7. The minimum absolute atomic E-state index is 0.167. The van der Waals surface area contributed by atoms with Gasteiger partial charge in [0.25, 0.3) is 0 Å². The van der Waals surface area contributed by atoms with Gasteiger partial charge in [0, 0.05) is 16.9 Å². The molecule has 0 bridgehead atoms. The van der Waals surface area contributed by atoms with Crippen molar-refractivity contribution in [1.29, 1.82) is 0 Å². The first kappa shape index (κ1) is 20.3. The fourth-order valence-electron chi connectivity index (χ4n) is 4.91. The lowest BCUT2D eigenvalue weighted by molar-refractivity contribution is -0.131. The maximum Gasteiger partial charge on any atom is 0.0897 e. The number of piperidine rings is 1. The Morgan fingerprint density at radius 1 is 1.32 bits per heavy atom. The van der Waals surface area contributed by atoms with Gasteiger partial charge < -0.3 is 4.74 Å². The molecule has 3 nitrogen and oxygen atoms in total. The van der Waals surface area contributed by atoms with Crippen LogP contribution < -0.4 is 0 Å². The second-order valence-electron chi connectivity index (χ2n) is 9.03. The van der Waals surface area contributed by atoms with Crippen LogP contribution in [0.3, 0.4) is 0 Å². The summed E-state index contributed by atoms with van der Waals surface area (Å²) in [5, 5.41) is 4.17. The van der Waals surface area contributed by atoms with Gasteiger partial charge in [0.15, 0.2) is 0 Å². The number of rotatable bonds is 4. The summed E-state index contributed by atoms with van der Waals surface area (Å²) in [5.74, 6) is 1.14. The maximum absolute atomic E-state index is 6.56. The molecule has 0 N–H and O–H groups in total. The number of likely N-dealkylation sites (tertiary alicyclic amines) is 1. The maximum atomic E-state index is 6.56. The molecule has 2 saturated heterocycles. The first-order chi connectivity index (χ1) is 13.4. The van der Waals surface area contributed by atoms with Crippen LogP contribution in [0.15, 0.2) is 29.6 Å². The van der Waals surface area contributed by atoms with E-state index in [0.717, 1.165) is 36.3 Å². The fraction of sp³-hybridized carbons (Fsp3) is 0.609. The summed E-state index contributed by atoms with van der Waals surface area (Å²) in [6.07, 6.45) is 3.87. The molecule has 1 aromatic carbocycles. The van der Waals surface area contributed by atoms with Crippen LogP contribution in [0.1, 0.15) is 55.5 Å². The lowest BCUT2D eigenvalue weighted by Crippen LogP contribution is -2.47. The zero-order valence-electron chi connectivity index (χ0n) is 17.2. The fourth-order valence-corrected chi connectivity index (χ4v) is 5.71. The third-order valence-electron chi connectivity index (χ3n) is 6.63. The molecule has 5 heteroatoms. The quantitative estimate of drug-likeness (QED) is 0.597. The Kier molecular flexibility index (Phi) is 6.12. The SMILES string of the molecule is Cc1nc(CN2CCC3(CC2)CO[C@@H](c2cccc(Cl)c2)[C@H](C(C)C)C3)cs1. The molecule has 2 fully saturated rings. The highest BCUT2D eigenvalue weighted by atomic mass is 35.5. The van der Waals surface area contributed by atoms with E-state index in [-0.39, 0.29) is 6.10 Å². The van der Waals surface area contributed by atoms with E-state index >= 15 is 0 Å². The van der Waals surface area contributed by atoms with Gasteiger partial charge in [-0.3, -0.25) is 4.90 Å². The summed E-state index contributed by atoms with van der Waals surface area (Å²) in [4.78, 5) is 7.20. The Hall–Kier alpha value is -0.940. The first-order valence-electron chi connectivity index (χ1n) is 10.4. The largest absolute Gasteiger partial charge is 0.373 e. The molecule has 152 valence electrons. The zero-order chi connectivity index (χ0) is 19.7. The van der Waals surface area contributed by atoms with Gasteiger partial charge in [0.05, 0.1) is 23.4 Å². The van der Waals surface area contributed by atoms with Crippen LogP contribution in [0, 0.1) is 24.2 Å². The smallest absolute Gasteiger partial charge is 0.0897 e. The summed E-state index contributed by atoms with van der Waals surface area (Å²) in [6.45, 7) is 10.9. The van der Waals surface area contributed by atoms with E-state index in [9.17, 15) is 0 Å². The van der Waals surface area contributed by atoms with Gasteiger partial charge in [-0.2, -0.15) is 0 Å². The van der Waals surface area contributed by atoms with Crippen molar-refractivity contribution in [1.82, 2.24) is 9.88 Å². The Balaban J connectivity index is 1.41. The van der Waals surface area contributed by atoms with Crippen LogP contribution in [0.4, 0.5) is 0 Å². The van der Waals surface area contributed by atoms with Gasteiger partial charge >= 0.3 is 0 Å². The van der Waals surface area contributed by atoms with Crippen molar-refractivity contribution in [3.8, 4) is 0 Å². The number of nitrogens with zero attached hydrogens (tertiary/aromatic N) is 2. The molecule has 2 aliphatic heterocycles. The normalized spacial score (nSPS) is 25.5. The summed E-state index contributed by atoms with van der Waals surface area (Å²) in [6, 6.07) is 8.24. The first-order valence-corrected chi connectivity index (χ1v) is 11.7. The molecular formula is C23H31ClN2OS. The molecule has 0 aliphatic carbocycles. The Morgan fingerprint density at radius 3 is 2.75 bits per heavy atom. The molecule has 0 unspecified atom stereocenters. The van der Waals surface area contributed by atoms with E-state index < -0.39 is 0 Å². The second kappa shape index (κ2) is 8.43. The van der Waals surface area contributed by atoms with Crippen LogP contribution in [0.25, 0.3) is 0 Å². The van der Waals surface area contributed by atoms with Crippen LogP contribution in [0.2, 0.25) is 5.02 Å². The highest BCUT2D eigenvalue weighted by molar-refractivity contribution is 7.09. The molecule has 2 aromatic rings. The molecule has 0 radical (unpaired) electrons. The molecule has 0 amide bonds. The number of hydrogen-bond acceptors (Lipinski definition) is 4. The average Bonchev–Trinajstić information content (AvgIpc) is 3.08. The second-order valence-corrected chi connectivity index (χ2v) is 10.5. The predicted molar refractivity (Wildman–Crippen MR) is 117 cm³/mol. The predicted octanol–water partition coefficient (Wildman–Crippen LogP) is 6.12. The van der Waals surface area contributed by atoms with Gasteiger partial charge in [0.1, 0.15) is 0 Å². The monoisotopic (exact) mass is 418 g/mol. The third-order valence-corrected chi connectivity index (χ3v) is 7.69. The number of aryl methyl sites for hydroxylation is 1. The molecule has 4 rings (SSSR count). The number of halogens is 1. The number of thiazole rings is 1. The summed E-state index contributed by atoms with van der Waals surface area (Å²) in [7, 11) is 0. The standard InChI is InChI=1S/C23H31ClN2OS/c1-16(2)21-12-23(15-27-22(21)18-5-4-6-19(24)11-18)7-9-26(10-8-23)13-20-14-28-17(3)25-20/h4-6,11,14,16,21-22H,7-10,12-13,15H2,1-3H3/t21-,22-/m0/s1. The van der Waals surface area contributed by atoms with Crippen molar-refractivity contribution in [2.75, 3.05) is 19.7 Å². The van der Waals surface area contributed by atoms with Crippen molar-refractivity contribution in [2.45, 2.75) is 52.7 Å². The Labute approximate surface area is 178 Å². The molecule has 3 heterocycles.